The fourth-order valence-corrected chi connectivity index (χ4v) is 4.46. The van der Waals surface area contributed by atoms with Crippen LogP contribution in [0.4, 0.5) is 0 Å². The van der Waals surface area contributed by atoms with E-state index in [1.165, 1.54) is 11.8 Å². The number of aliphatic imine (C=N–C) groups is 2. The minimum Gasteiger partial charge on any atom is -0.345 e. The fourth-order valence-electron chi connectivity index (χ4n) is 3.48. The molecular formula is C23H24N6O2S. The van der Waals surface area contributed by atoms with Crippen molar-refractivity contribution in [1.82, 2.24) is 20.1 Å². The number of thioether (sulfide) groups is 1. The summed E-state index contributed by atoms with van der Waals surface area (Å²) >= 11 is 1.44. The maximum absolute atomic E-state index is 12.5. The van der Waals surface area contributed by atoms with Gasteiger partial charge in [0.2, 0.25) is 0 Å². The highest BCUT2D eigenvalue weighted by atomic mass is 32.2. The van der Waals surface area contributed by atoms with Gasteiger partial charge in [-0.2, -0.15) is 4.99 Å². The maximum Gasteiger partial charge on any atom is 0.260 e. The van der Waals surface area contributed by atoms with Crippen molar-refractivity contribution in [3.05, 3.63) is 65.5 Å². The topological polar surface area (TPSA) is 102 Å². The summed E-state index contributed by atoms with van der Waals surface area (Å²) in [4.78, 5) is 33.6. The Balaban J connectivity index is 1.44. The number of amidine groups is 1. The van der Waals surface area contributed by atoms with Gasteiger partial charge in [-0.15, -0.1) is 10.2 Å². The molecule has 1 aromatic carbocycles. The van der Waals surface area contributed by atoms with Crippen LogP contribution in [-0.2, 0) is 17.9 Å². The summed E-state index contributed by atoms with van der Waals surface area (Å²) in [6.45, 7) is 6.80. The molecule has 1 aromatic heterocycles. The Kier molecular flexibility index (Phi) is 6.45. The van der Waals surface area contributed by atoms with Gasteiger partial charge in [-0.1, -0.05) is 47.7 Å². The Hall–Kier alpha value is -3.33. The van der Waals surface area contributed by atoms with Crippen LogP contribution in [0.2, 0.25) is 0 Å². The number of carbonyl (C=O) groups is 2. The van der Waals surface area contributed by atoms with Gasteiger partial charge in [0, 0.05) is 12.1 Å². The molecule has 2 atom stereocenters. The molecule has 8 nitrogen and oxygen atoms in total. The lowest BCUT2D eigenvalue weighted by atomic mass is 9.96. The summed E-state index contributed by atoms with van der Waals surface area (Å²) in [5, 5.41) is 12.0. The normalized spacial score (nSPS) is 18.1. The molecule has 2 heterocycles. The third-order valence-electron chi connectivity index (χ3n) is 5.18. The van der Waals surface area contributed by atoms with Crippen molar-refractivity contribution in [3.8, 4) is 0 Å². The Morgan fingerprint density at radius 1 is 1.25 bits per heavy atom. The van der Waals surface area contributed by atoms with Gasteiger partial charge in [0.15, 0.2) is 11.0 Å². The Labute approximate surface area is 190 Å². The standard InChI is InChI=1S/C23H24N6O2S/c1-4-29-19(13-24-21(30)16-9-7-8-14(2)12-16)27-28-23(29)32-15(3)20-25-18-11-6-5-10-17(18)22(31)26-20/h5-12,15,17H,4,13H2,1-3H3,(H,24,30). The molecule has 0 radical (unpaired) electrons. The smallest absolute Gasteiger partial charge is 0.260 e. The van der Waals surface area contributed by atoms with Crippen molar-refractivity contribution < 1.29 is 9.59 Å². The number of aryl methyl sites for hydroxylation is 1. The zero-order valence-corrected chi connectivity index (χ0v) is 19.0. The van der Waals surface area contributed by atoms with Crippen molar-refractivity contribution in [2.45, 2.75) is 44.3 Å². The average molecular weight is 449 g/mol. The van der Waals surface area contributed by atoms with E-state index in [-0.39, 0.29) is 29.5 Å². The second-order valence-corrected chi connectivity index (χ2v) is 8.83. The lowest BCUT2D eigenvalue weighted by Gasteiger charge is -2.20. The van der Waals surface area contributed by atoms with Crippen LogP contribution in [0.25, 0.3) is 0 Å². The van der Waals surface area contributed by atoms with Gasteiger partial charge in [0.1, 0.15) is 11.8 Å². The third kappa shape index (κ3) is 4.62. The molecule has 2 aliphatic rings. The summed E-state index contributed by atoms with van der Waals surface area (Å²) in [5.41, 5.74) is 2.35. The van der Waals surface area contributed by atoms with Crippen LogP contribution >= 0.6 is 11.8 Å². The molecule has 2 amide bonds. The highest BCUT2D eigenvalue weighted by Gasteiger charge is 2.29. The number of aromatic nitrogens is 3. The van der Waals surface area contributed by atoms with Crippen molar-refractivity contribution >= 4 is 35.1 Å². The van der Waals surface area contributed by atoms with Crippen LogP contribution in [-0.4, -0.2) is 43.4 Å². The van der Waals surface area contributed by atoms with E-state index in [0.29, 0.717) is 34.6 Å². The zero-order chi connectivity index (χ0) is 22.7. The number of hydrogen-bond donors (Lipinski definition) is 1. The van der Waals surface area contributed by atoms with Crippen molar-refractivity contribution in [2.24, 2.45) is 15.9 Å². The van der Waals surface area contributed by atoms with E-state index in [1.54, 1.807) is 6.07 Å². The van der Waals surface area contributed by atoms with E-state index in [4.69, 9.17) is 0 Å². The summed E-state index contributed by atoms with van der Waals surface area (Å²) in [6, 6.07) is 7.44. The molecular weight excluding hydrogens is 424 g/mol. The van der Waals surface area contributed by atoms with Crippen LogP contribution in [0.3, 0.4) is 0 Å². The fraction of sp³-hybridized carbons (Fsp3) is 0.304. The van der Waals surface area contributed by atoms with Crippen LogP contribution in [0.15, 0.2) is 63.7 Å². The van der Waals surface area contributed by atoms with E-state index in [0.717, 1.165) is 5.56 Å². The van der Waals surface area contributed by atoms with E-state index in [1.807, 2.05) is 67.8 Å². The minimum absolute atomic E-state index is 0.156. The quantitative estimate of drug-likeness (QED) is 0.656. The number of nitrogens with zero attached hydrogens (tertiary/aromatic N) is 5. The Morgan fingerprint density at radius 2 is 2.09 bits per heavy atom. The van der Waals surface area contributed by atoms with E-state index < -0.39 is 0 Å². The number of nitrogens with one attached hydrogen (secondary N) is 1. The van der Waals surface area contributed by atoms with E-state index >= 15 is 0 Å². The van der Waals surface area contributed by atoms with Gasteiger partial charge >= 0.3 is 0 Å². The molecule has 2 unspecified atom stereocenters. The van der Waals surface area contributed by atoms with Crippen LogP contribution < -0.4 is 5.32 Å². The molecule has 1 N–H and O–H groups in total. The second kappa shape index (κ2) is 9.44. The molecule has 0 fully saturated rings. The predicted molar refractivity (Wildman–Crippen MR) is 125 cm³/mol. The number of benzene rings is 1. The van der Waals surface area contributed by atoms with Crippen molar-refractivity contribution in [1.29, 1.82) is 0 Å². The van der Waals surface area contributed by atoms with Crippen LogP contribution in [0.1, 0.15) is 35.6 Å². The molecule has 2 aromatic rings. The van der Waals surface area contributed by atoms with Gasteiger partial charge < -0.3 is 9.88 Å². The highest BCUT2D eigenvalue weighted by molar-refractivity contribution is 8.00. The third-order valence-corrected chi connectivity index (χ3v) is 6.25. The monoisotopic (exact) mass is 448 g/mol. The maximum atomic E-state index is 12.5. The van der Waals surface area contributed by atoms with Gasteiger partial charge in [-0.3, -0.25) is 9.59 Å². The summed E-state index contributed by atoms with van der Waals surface area (Å²) in [5.74, 6) is 0.401. The lowest BCUT2D eigenvalue weighted by molar-refractivity contribution is -0.118. The van der Waals surface area contributed by atoms with Gasteiger partial charge in [0.25, 0.3) is 11.8 Å². The minimum atomic E-state index is -0.385. The Morgan fingerprint density at radius 3 is 2.88 bits per heavy atom. The molecule has 4 rings (SSSR count). The molecule has 0 saturated carbocycles. The van der Waals surface area contributed by atoms with E-state index in [2.05, 4.69) is 25.5 Å². The van der Waals surface area contributed by atoms with Crippen LogP contribution in [0.5, 0.6) is 0 Å². The van der Waals surface area contributed by atoms with Crippen molar-refractivity contribution in [2.75, 3.05) is 0 Å². The molecule has 1 aliphatic heterocycles. The molecule has 32 heavy (non-hydrogen) atoms. The zero-order valence-electron chi connectivity index (χ0n) is 18.1. The number of carbonyl (C=O) groups excluding carboxylic acids is 2. The first-order chi connectivity index (χ1) is 15.5. The first-order valence-corrected chi connectivity index (χ1v) is 11.3. The first-order valence-electron chi connectivity index (χ1n) is 10.5. The number of hydrogen-bond acceptors (Lipinski definition) is 6. The first kappa shape index (κ1) is 21.9. The lowest BCUT2D eigenvalue weighted by Crippen LogP contribution is -2.30. The number of fused-ring (bicyclic) bond motifs is 1. The van der Waals surface area contributed by atoms with Gasteiger partial charge in [-0.05, 0) is 39.0 Å². The van der Waals surface area contributed by atoms with Gasteiger partial charge in [-0.25, -0.2) is 4.99 Å². The molecule has 164 valence electrons. The van der Waals surface area contributed by atoms with Crippen LogP contribution in [0, 0.1) is 12.8 Å². The molecule has 9 heteroatoms. The highest BCUT2D eigenvalue weighted by Crippen LogP contribution is 2.26. The predicted octanol–water partition coefficient (Wildman–Crippen LogP) is 3.14. The molecule has 0 bridgehead atoms. The molecule has 0 spiro atoms. The van der Waals surface area contributed by atoms with Crippen molar-refractivity contribution in [3.63, 3.8) is 0 Å². The summed E-state index contributed by atoms with van der Waals surface area (Å²) in [7, 11) is 0. The molecule has 1 aliphatic carbocycles. The number of allylic oxidation sites excluding steroid dienone is 3. The molecule has 0 saturated heterocycles. The Bertz CT molecular complexity index is 1180. The summed E-state index contributed by atoms with van der Waals surface area (Å²) in [6.07, 6.45) is 7.36. The average Bonchev–Trinajstić information content (AvgIpc) is 3.18. The SMILES string of the molecule is CCn1c(CNC(=O)c2cccc(C)c2)nnc1SC(C)C1=NC(=O)C2C=CC=CC2=N1. The van der Waals surface area contributed by atoms with Gasteiger partial charge in [0.05, 0.1) is 17.5 Å². The summed E-state index contributed by atoms with van der Waals surface area (Å²) < 4.78 is 1.95. The number of amides is 2. The second-order valence-electron chi connectivity index (χ2n) is 7.52. The largest absolute Gasteiger partial charge is 0.345 e. The van der Waals surface area contributed by atoms with E-state index in [9.17, 15) is 9.59 Å². The number of rotatable bonds is 7.